The summed E-state index contributed by atoms with van der Waals surface area (Å²) in [5.41, 5.74) is 2.10. The average molecular weight is 234 g/mol. The number of para-hydroxylation sites is 1. The van der Waals surface area contributed by atoms with E-state index in [2.05, 4.69) is 5.32 Å². The molecule has 0 saturated heterocycles. The molecule has 0 bridgehead atoms. The summed E-state index contributed by atoms with van der Waals surface area (Å²) in [5, 5.41) is 4.19. The number of hydrogen-bond acceptors (Lipinski definition) is 0. The smallest absolute Gasteiger partial charge is 0.248 e. The molecule has 0 fully saturated rings. The maximum atomic E-state index is 12.5. The van der Waals surface area contributed by atoms with E-state index in [1.165, 1.54) is 6.07 Å². The van der Waals surface area contributed by atoms with Crippen LogP contribution in [0.5, 0.6) is 0 Å². The van der Waals surface area contributed by atoms with Gasteiger partial charge in [0.2, 0.25) is 0 Å². The summed E-state index contributed by atoms with van der Waals surface area (Å²) in [6.45, 7) is 0. The Morgan fingerprint density at radius 2 is 1.53 bits per heavy atom. The van der Waals surface area contributed by atoms with Crippen molar-refractivity contribution >= 4 is 11.4 Å². The first kappa shape index (κ1) is 10.2. The van der Waals surface area contributed by atoms with Crippen molar-refractivity contribution in [3.8, 4) is 11.1 Å². The molecule has 1 radical (unpaired) electrons. The van der Waals surface area contributed by atoms with E-state index in [0.717, 1.165) is 28.9 Å². The summed E-state index contributed by atoms with van der Waals surface area (Å²) in [7, 11) is 0. The van der Waals surface area contributed by atoms with Crippen molar-refractivity contribution in [2.24, 2.45) is 0 Å². The number of fused-ring (bicyclic) bond motifs is 3. The molecule has 0 amide bonds. The first-order valence-electron chi connectivity index (χ1n) is 5.08. The van der Waals surface area contributed by atoms with Gasteiger partial charge in [0, 0.05) is 11.1 Å². The van der Waals surface area contributed by atoms with Crippen LogP contribution in [0.2, 0.25) is 0 Å². The van der Waals surface area contributed by atoms with Gasteiger partial charge in [-0.2, -0.15) is 13.2 Å². The molecule has 0 unspecified atom stereocenters. The average Bonchev–Trinajstić information content (AvgIpc) is 2.65. The van der Waals surface area contributed by atoms with Crippen LogP contribution in [-0.4, -0.2) is 0 Å². The van der Waals surface area contributed by atoms with Gasteiger partial charge >= 0.3 is 6.18 Å². The topological polar surface area (TPSA) is 14.1 Å². The highest BCUT2D eigenvalue weighted by Gasteiger charge is 2.32. The Kier molecular flexibility index (Phi) is 1.96. The van der Waals surface area contributed by atoms with Gasteiger partial charge in [-0.1, -0.05) is 24.3 Å². The van der Waals surface area contributed by atoms with Crippen molar-refractivity contribution in [3.63, 3.8) is 0 Å². The first-order chi connectivity index (χ1) is 8.05. The largest absolute Gasteiger partial charge is 0.416 e. The minimum absolute atomic E-state index is 0.390. The lowest BCUT2D eigenvalue weighted by Crippen LogP contribution is -2.04. The monoisotopic (exact) mass is 234 g/mol. The van der Waals surface area contributed by atoms with Gasteiger partial charge in [0.1, 0.15) is 0 Å². The van der Waals surface area contributed by atoms with Gasteiger partial charge in [-0.15, -0.1) is 0 Å². The molecule has 2 aromatic rings. The predicted octanol–water partition coefficient (Wildman–Crippen LogP) is 4.25. The minimum atomic E-state index is -4.32. The molecule has 2 aromatic carbocycles. The summed E-state index contributed by atoms with van der Waals surface area (Å²) in [6.07, 6.45) is -4.32. The number of hydrogen-bond donors (Lipinski definition) is 0. The third-order valence-electron chi connectivity index (χ3n) is 2.76. The third-order valence-corrected chi connectivity index (χ3v) is 2.76. The van der Waals surface area contributed by atoms with E-state index in [0.29, 0.717) is 5.69 Å². The van der Waals surface area contributed by atoms with Crippen molar-refractivity contribution in [2.75, 3.05) is 0 Å². The second-order valence-corrected chi connectivity index (χ2v) is 3.86. The minimum Gasteiger partial charge on any atom is -0.248 e. The lowest BCUT2D eigenvalue weighted by Gasteiger charge is -2.07. The Labute approximate surface area is 95.9 Å². The zero-order valence-corrected chi connectivity index (χ0v) is 8.62. The van der Waals surface area contributed by atoms with E-state index in [1.807, 2.05) is 18.2 Å². The highest BCUT2D eigenvalue weighted by atomic mass is 19.4. The summed E-state index contributed by atoms with van der Waals surface area (Å²) in [4.78, 5) is 0. The van der Waals surface area contributed by atoms with Gasteiger partial charge in [0.15, 0.2) is 0 Å². The van der Waals surface area contributed by atoms with Crippen LogP contribution in [0.3, 0.4) is 0 Å². The van der Waals surface area contributed by atoms with Gasteiger partial charge in [-0.05, 0) is 18.2 Å². The Bertz CT molecular complexity index is 587. The zero-order chi connectivity index (χ0) is 12.0. The molecule has 0 aromatic heterocycles. The van der Waals surface area contributed by atoms with Crippen LogP contribution in [0.25, 0.3) is 11.1 Å². The second-order valence-electron chi connectivity index (χ2n) is 3.86. The van der Waals surface area contributed by atoms with E-state index in [4.69, 9.17) is 0 Å². The number of halogens is 3. The lowest BCUT2D eigenvalue weighted by molar-refractivity contribution is -0.137. The molecule has 0 aliphatic carbocycles. The molecule has 1 nitrogen and oxygen atoms in total. The summed E-state index contributed by atoms with van der Waals surface area (Å²) in [6, 6.07) is 11.0. The molecule has 17 heavy (non-hydrogen) atoms. The molecule has 0 saturated carbocycles. The fraction of sp³-hybridized carbons (Fsp3) is 0.0769. The number of benzene rings is 2. The Balaban J connectivity index is 2.13. The Morgan fingerprint density at radius 1 is 0.824 bits per heavy atom. The number of alkyl halides is 3. The van der Waals surface area contributed by atoms with Crippen LogP contribution < -0.4 is 5.32 Å². The van der Waals surface area contributed by atoms with Crippen molar-refractivity contribution in [2.45, 2.75) is 6.18 Å². The highest BCUT2D eigenvalue weighted by Crippen LogP contribution is 2.44. The molecule has 0 atom stereocenters. The fourth-order valence-corrected chi connectivity index (χ4v) is 1.96. The molecule has 0 spiro atoms. The van der Waals surface area contributed by atoms with Crippen LogP contribution in [0, 0.1) is 0 Å². The van der Waals surface area contributed by atoms with E-state index >= 15 is 0 Å². The predicted molar refractivity (Wildman–Crippen MR) is 58.3 cm³/mol. The van der Waals surface area contributed by atoms with E-state index in [9.17, 15) is 13.2 Å². The fourth-order valence-electron chi connectivity index (χ4n) is 1.96. The van der Waals surface area contributed by atoms with E-state index in [1.54, 1.807) is 6.07 Å². The summed E-state index contributed by atoms with van der Waals surface area (Å²) >= 11 is 0. The SMILES string of the molecule is FC(F)(F)c1ccc2c(c1)[N]c1ccccc1-2. The Morgan fingerprint density at radius 3 is 2.29 bits per heavy atom. The number of rotatable bonds is 0. The van der Waals surface area contributed by atoms with E-state index < -0.39 is 11.7 Å². The first-order valence-corrected chi connectivity index (χ1v) is 5.08. The maximum Gasteiger partial charge on any atom is 0.416 e. The molecule has 1 aliphatic heterocycles. The van der Waals surface area contributed by atoms with Crippen molar-refractivity contribution in [3.05, 3.63) is 48.0 Å². The van der Waals surface area contributed by atoms with Crippen molar-refractivity contribution < 1.29 is 13.2 Å². The number of nitrogens with zero attached hydrogens (tertiary/aromatic N) is 1. The van der Waals surface area contributed by atoms with Crippen molar-refractivity contribution in [1.82, 2.24) is 5.32 Å². The molecule has 3 rings (SSSR count). The molecular formula is C13H7F3N. The molecule has 4 heteroatoms. The third kappa shape index (κ3) is 1.56. The molecular weight excluding hydrogens is 227 g/mol. The highest BCUT2D eigenvalue weighted by molar-refractivity contribution is 5.90. The Hall–Kier alpha value is -1.97. The molecule has 1 heterocycles. The lowest BCUT2D eigenvalue weighted by atomic mass is 10.0. The van der Waals surface area contributed by atoms with Crippen LogP contribution in [-0.2, 0) is 6.18 Å². The van der Waals surface area contributed by atoms with Crippen LogP contribution in [0.15, 0.2) is 42.5 Å². The van der Waals surface area contributed by atoms with Gasteiger partial charge in [0.25, 0.3) is 0 Å². The second kappa shape index (κ2) is 3.26. The molecule has 0 N–H and O–H groups in total. The van der Waals surface area contributed by atoms with Crippen LogP contribution in [0.4, 0.5) is 24.5 Å². The molecule has 85 valence electrons. The van der Waals surface area contributed by atoms with Gasteiger partial charge in [-0.25, -0.2) is 5.32 Å². The normalized spacial score (nSPS) is 12.9. The van der Waals surface area contributed by atoms with Gasteiger partial charge in [0.05, 0.1) is 16.9 Å². The van der Waals surface area contributed by atoms with Crippen LogP contribution >= 0.6 is 0 Å². The standard InChI is InChI=1S/C13H7F3N/c14-13(15,16)8-5-6-10-9-3-1-2-4-11(9)17-12(10)7-8/h1-7H. The van der Waals surface area contributed by atoms with Gasteiger partial charge < -0.3 is 0 Å². The van der Waals surface area contributed by atoms with Crippen LogP contribution in [0.1, 0.15) is 5.56 Å². The van der Waals surface area contributed by atoms with Crippen molar-refractivity contribution in [1.29, 1.82) is 0 Å². The summed E-state index contributed by atoms with van der Waals surface area (Å²) < 4.78 is 37.6. The maximum absolute atomic E-state index is 12.5. The zero-order valence-electron chi connectivity index (χ0n) is 8.62. The quantitative estimate of drug-likeness (QED) is 0.552. The molecule has 1 aliphatic rings. The van der Waals surface area contributed by atoms with Gasteiger partial charge in [-0.3, -0.25) is 0 Å². The summed E-state index contributed by atoms with van der Waals surface area (Å²) in [5.74, 6) is 0. The van der Waals surface area contributed by atoms with E-state index in [-0.39, 0.29) is 0 Å².